The third kappa shape index (κ3) is 5.56. The quantitative estimate of drug-likeness (QED) is 0.561. The highest BCUT2D eigenvalue weighted by Crippen LogP contribution is 2.19. The second-order valence-electron chi connectivity index (χ2n) is 6.27. The molecule has 138 valence electrons. The fraction of sp³-hybridized carbons (Fsp3) is 0.333. The number of nitrogens with one attached hydrogen (secondary N) is 2. The maximum absolute atomic E-state index is 11.8. The van der Waals surface area contributed by atoms with Gasteiger partial charge in [0.05, 0.1) is 12.7 Å². The highest BCUT2D eigenvalue weighted by atomic mass is 32.1. The molecule has 0 amide bonds. The highest BCUT2D eigenvalue weighted by Gasteiger charge is 2.13. The first-order valence-corrected chi connectivity index (χ1v) is 9.22. The average molecular weight is 371 g/mol. The number of carbonyl (C=O) groups is 1. The van der Waals surface area contributed by atoms with E-state index in [1.807, 2.05) is 25.1 Å². The Hall–Kier alpha value is -2.40. The van der Waals surface area contributed by atoms with Gasteiger partial charge in [0, 0.05) is 12.2 Å². The van der Waals surface area contributed by atoms with Crippen LogP contribution in [-0.4, -0.2) is 24.7 Å². The van der Waals surface area contributed by atoms with Crippen molar-refractivity contribution in [3.8, 4) is 0 Å². The molecule has 0 heterocycles. The Kier molecular flexibility index (Phi) is 7.60. The molecule has 26 heavy (non-hydrogen) atoms. The molecule has 1 atom stereocenters. The minimum Gasteiger partial charge on any atom is -0.465 e. The number of ether oxygens (including phenoxy) is 1. The summed E-state index contributed by atoms with van der Waals surface area (Å²) < 4.78 is 4.81. The Morgan fingerprint density at radius 1 is 1.15 bits per heavy atom. The van der Waals surface area contributed by atoms with E-state index in [4.69, 9.17) is 17.0 Å². The van der Waals surface area contributed by atoms with Crippen molar-refractivity contribution >= 4 is 29.0 Å². The zero-order valence-electron chi connectivity index (χ0n) is 15.5. The standard InChI is InChI=1S/C21H26N2O2S/c1-4-16(13-17-9-6-5-7-10-17)14-22-21(26)23-19-12-8-11-18(15(19)2)20(24)25-3/h5-12,16H,4,13-14H2,1-3H3,(H2,22,23,26)/t16-/m1/s1. The summed E-state index contributed by atoms with van der Waals surface area (Å²) in [6.45, 7) is 4.87. The van der Waals surface area contributed by atoms with Crippen molar-refractivity contribution in [2.24, 2.45) is 5.92 Å². The molecule has 4 nitrogen and oxygen atoms in total. The van der Waals surface area contributed by atoms with Gasteiger partial charge in [-0.2, -0.15) is 0 Å². The van der Waals surface area contributed by atoms with Gasteiger partial charge >= 0.3 is 5.97 Å². The third-order valence-corrected chi connectivity index (χ3v) is 4.73. The monoisotopic (exact) mass is 370 g/mol. The maximum Gasteiger partial charge on any atom is 0.338 e. The fourth-order valence-corrected chi connectivity index (χ4v) is 3.01. The van der Waals surface area contributed by atoms with E-state index in [0.29, 0.717) is 16.6 Å². The van der Waals surface area contributed by atoms with Crippen molar-refractivity contribution in [3.05, 3.63) is 65.2 Å². The smallest absolute Gasteiger partial charge is 0.338 e. The van der Waals surface area contributed by atoms with E-state index in [0.717, 1.165) is 30.6 Å². The van der Waals surface area contributed by atoms with Crippen LogP contribution in [0.3, 0.4) is 0 Å². The van der Waals surface area contributed by atoms with E-state index in [-0.39, 0.29) is 5.97 Å². The van der Waals surface area contributed by atoms with Crippen LogP contribution in [0.4, 0.5) is 5.69 Å². The summed E-state index contributed by atoms with van der Waals surface area (Å²) in [7, 11) is 1.38. The lowest BCUT2D eigenvalue weighted by Gasteiger charge is -2.19. The van der Waals surface area contributed by atoms with Crippen molar-refractivity contribution in [2.75, 3.05) is 19.0 Å². The summed E-state index contributed by atoms with van der Waals surface area (Å²) in [4.78, 5) is 11.8. The first-order chi connectivity index (χ1) is 12.5. The molecule has 0 bridgehead atoms. The van der Waals surface area contributed by atoms with Gasteiger partial charge in [-0.1, -0.05) is 49.7 Å². The average Bonchev–Trinajstić information content (AvgIpc) is 2.67. The number of anilines is 1. The van der Waals surface area contributed by atoms with E-state index in [1.54, 1.807) is 6.07 Å². The van der Waals surface area contributed by atoms with Gasteiger partial charge in [-0.15, -0.1) is 0 Å². The zero-order valence-corrected chi connectivity index (χ0v) is 16.4. The number of benzene rings is 2. The van der Waals surface area contributed by atoms with Crippen molar-refractivity contribution < 1.29 is 9.53 Å². The fourth-order valence-electron chi connectivity index (χ4n) is 2.81. The second-order valence-corrected chi connectivity index (χ2v) is 6.68. The van der Waals surface area contributed by atoms with E-state index >= 15 is 0 Å². The van der Waals surface area contributed by atoms with Gasteiger partial charge in [-0.3, -0.25) is 0 Å². The predicted molar refractivity (Wildman–Crippen MR) is 111 cm³/mol. The lowest BCUT2D eigenvalue weighted by Crippen LogP contribution is -2.33. The topological polar surface area (TPSA) is 50.4 Å². The number of thiocarbonyl (C=S) groups is 1. The molecule has 0 aliphatic heterocycles. The molecular formula is C21H26N2O2S. The maximum atomic E-state index is 11.8. The molecule has 2 aromatic carbocycles. The molecule has 0 aliphatic rings. The van der Waals surface area contributed by atoms with Crippen LogP contribution in [-0.2, 0) is 11.2 Å². The Morgan fingerprint density at radius 3 is 2.54 bits per heavy atom. The van der Waals surface area contributed by atoms with Crippen LogP contribution in [0.1, 0.15) is 34.8 Å². The molecule has 0 aliphatic carbocycles. The van der Waals surface area contributed by atoms with Crippen LogP contribution >= 0.6 is 12.2 Å². The lowest BCUT2D eigenvalue weighted by molar-refractivity contribution is 0.0600. The third-order valence-electron chi connectivity index (χ3n) is 4.48. The Bertz CT molecular complexity index is 747. The normalized spacial score (nSPS) is 11.5. The predicted octanol–water partition coefficient (Wildman–Crippen LogP) is 4.34. The van der Waals surface area contributed by atoms with Crippen LogP contribution in [0.25, 0.3) is 0 Å². The van der Waals surface area contributed by atoms with Gasteiger partial charge in [0.2, 0.25) is 0 Å². The first-order valence-electron chi connectivity index (χ1n) is 8.81. The summed E-state index contributed by atoms with van der Waals surface area (Å²) in [5, 5.41) is 7.04. The summed E-state index contributed by atoms with van der Waals surface area (Å²) in [6.07, 6.45) is 2.09. The van der Waals surface area contributed by atoms with Gasteiger partial charge in [0.25, 0.3) is 0 Å². The molecule has 2 rings (SSSR count). The molecule has 2 aromatic rings. The number of methoxy groups -OCH3 is 1. The molecule has 0 fully saturated rings. The van der Waals surface area contributed by atoms with Crippen LogP contribution in [0.15, 0.2) is 48.5 Å². The van der Waals surface area contributed by atoms with E-state index in [9.17, 15) is 4.79 Å². The molecule has 5 heteroatoms. The molecule has 2 N–H and O–H groups in total. The summed E-state index contributed by atoms with van der Waals surface area (Å²) in [6, 6.07) is 15.9. The van der Waals surface area contributed by atoms with Crippen molar-refractivity contribution in [3.63, 3.8) is 0 Å². The second kappa shape index (κ2) is 9.92. The van der Waals surface area contributed by atoms with E-state index in [1.165, 1.54) is 12.7 Å². The van der Waals surface area contributed by atoms with Crippen molar-refractivity contribution in [1.29, 1.82) is 0 Å². The summed E-state index contributed by atoms with van der Waals surface area (Å²) >= 11 is 5.43. The van der Waals surface area contributed by atoms with Gasteiger partial charge in [-0.05, 0) is 54.7 Å². The number of carbonyl (C=O) groups excluding carboxylic acids is 1. The Balaban J connectivity index is 1.93. The largest absolute Gasteiger partial charge is 0.465 e. The van der Waals surface area contributed by atoms with Crippen LogP contribution in [0.5, 0.6) is 0 Å². The Labute approximate surface area is 161 Å². The number of hydrogen-bond donors (Lipinski definition) is 2. The van der Waals surface area contributed by atoms with Gasteiger partial charge in [-0.25, -0.2) is 4.79 Å². The van der Waals surface area contributed by atoms with Crippen LogP contribution < -0.4 is 10.6 Å². The van der Waals surface area contributed by atoms with Crippen molar-refractivity contribution in [1.82, 2.24) is 5.32 Å². The number of rotatable bonds is 7. The number of esters is 1. The van der Waals surface area contributed by atoms with E-state index < -0.39 is 0 Å². The lowest BCUT2D eigenvalue weighted by atomic mass is 9.97. The molecular weight excluding hydrogens is 344 g/mol. The molecule has 0 spiro atoms. The molecule has 0 unspecified atom stereocenters. The van der Waals surface area contributed by atoms with Crippen molar-refractivity contribution in [2.45, 2.75) is 26.7 Å². The molecule has 0 saturated heterocycles. The SMILES string of the molecule is CC[C@@H](CNC(=S)Nc1cccc(C(=O)OC)c1C)Cc1ccccc1. The van der Waals surface area contributed by atoms with Crippen LogP contribution in [0, 0.1) is 12.8 Å². The van der Waals surface area contributed by atoms with Gasteiger partial charge < -0.3 is 15.4 Å². The minimum absolute atomic E-state index is 0.348. The van der Waals surface area contributed by atoms with Gasteiger partial charge in [0.1, 0.15) is 0 Å². The molecule has 0 aromatic heterocycles. The zero-order chi connectivity index (χ0) is 18.9. The first kappa shape index (κ1) is 19.9. The molecule has 0 saturated carbocycles. The Morgan fingerprint density at radius 2 is 1.88 bits per heavy atom. The van der Waals surface area contributed by atoms with E-state index in [2.05, 4.69) is 41.8 Å². The van der Waals surface area contributed by atoms with Gasteiger partial charge in [0.15, 0.2) is 5.11 Å². The number of hydrogen-bond acceptors (Lipinski definition) is 3. The van der Waals surface area contributed by atoms with Crippen LogP contribution in [0.2, 0.25) is 0 Å². The minimum atomic E-state index is -0.348. The molecule has 0 radical (unpaired) electrons. The summed E-state index contributed by atoms with van der Waals surface area (Å²) in [5.74, 6) is 0.151. The highest BCUT2D eigenvalue weighted by molar-refractivity contribution is 7.80. The summed E-state index contributed by atoms with van der Waals surface area (Å²) in [5.41, 5.74) is 3.50.